The highest BCUT2D eigenvalue weighted by atomic mass is 127. The lowest BCUT2D eigenvalue weighted by molar-refractivity contribution is -0.138. The van der Waals surface area contributed by atoms with Gasteiger partial charge in [-0.2, -0.15) is 0 Å². The van der Waals surface area contributed by atoms with Crippen molar-refractivity contribution in [3.8, 4) is 17.2 Å². The van der Waals surface area contributed by atoms with Gasteiger partial charge in [-0.15, -0.1) is 0 Å². The molecule has 3 rings (SSSR count). The van der Waals surface area contributed by atoms with Crippen LogP contribution in [0.1, 0.15) is 90.5 Å². The molecule has 0 spiro atoms. The van der Waals surface area contributed by atoms with E-state index in [9.17, 15) is 19.2 Å². The first-order chi connectivity index (χ1) is 25.9. The lowest BCUT2D eigenvalue weighted by Crippen LogP contribution is -2.09. The van der Waals surface area contributed by atoms with Gasteiger partial charge in [0.2, 0.25) is 0 Å². The number of ether oxygens (including phenoxy) is 6. The molecule has 3 aromatic carbocycles. The first-order valence-electron chi connectivity index (χ1n) is 18.0. The quantitative estimate of drug-likeness (QED) is 0.0193. The molecule has 0 amide bonds. The largest absolute Gasteiger partial charge is 0.494 e. The smallest absolute Gasteiger partial charge is 0.343 e. The standard InChI is InChI=1S/C42H49IO10/c1-2-39(44)50-30-11-7-3-5-9-28-48-36-21-15-34(16-22-36)41(46)52-32-26-33-13-19-38(20-14-33)53-42(47)35-17-23-37(24-18-35)49-29-10-6-4-8-12-31-51-40(45)25-27-43/h2,13-25,27H,1,3-12,26,28-32H2/b27-25-. The zero-order chi connectivity index (χ0) is 37.9. The predicted molar refractivity (Wildman–Crippen MR) is 211 cm³/mol. The van der Waals surface area contributed by atoms with Crippen molar-refractivity contribution in [3.05, 3.63) is 112 Å². The van der Waals surface area contributed by atoms with E-state index >= 15 is 0 Å². The second-order valence-corrected chi connectivity index (χ2v) is 12.8. The number of unbranched alkanes of at least 4 members (excludes halogenated alkanes) is 8. The summed E-state index contributed by atoms with van der Waals surface area (Å²) in [7, 11) is 0. The molecule has 0 atom stereocenters. The van der Waals surface area contributed by atoms with Crippen LogP contribution in [0.4, 0.5) is 0 Å². The van der Waals surface area contributed by atoms with Gasteiger partial charge in [-0.25, -0.2) is 19.2 Å². The molecule has 0 unspecified atom stereocenters. The van der Waals surface area contributed by atoms with Crippen LogP contribution < -0.4 is 14.2 Å². The molecule has 0 aromatic heterocycles. The predicted octanol–water partition coefficient (Wildman–Crippen LogP) is 9.19. The summed E-state index contributed by atoms with van der Waals surface area (Å²) < 4.78 is 34.2. The van der Waals surface area contributed by atoms with Gasteiger partial charge in [-0.1, -0.05) is 79.8 Å². The highest BCUT2D eigenvalue weighted by Crippen LogP contribution is 2.19. The number of esters is 4. The molecule has 0 aliphatic rings. The van der Waals surface area contributed by atoms with Crippen LogP contribution in [0.2, 0.25) is 0 Å². The number of hydrogen-bond donors (Lipinski definition) is 0. The van der Waals surface area contributed by atoms with E-state index in [1.165, 1.54) is 12.2 Å². The third-order valence-corrected chi connectivity index (χ3v) is 8.27. The fourth-order valence-corrected chi connectivity index (χ4v) is 5.26. The molecule has 0 saturated heterocycles. The Kier molecular flexibility index (Phi) is 21.1. The van der Waals surface area contributed by atoms with Crippen molar-refractivity contribution in [2.24, 2.45) is 0 Å². The molecular formula is C42H49IO10. The Hall–Kier alpha value is -4.65. The number of halogens is 1. The van der Waals surface area contributed by atoms with Gasteiger partial charge in [0.05, 0.1) is 44.2 Å². The SMILES string of the molecule is C=CC(=O)OCCCCCCCOc1ccc(C(=O)OCCc2ccc(OC(=O)c3ccc(OCCCCCCCOC(=O)/C=C\I)cc3)cc2)cc1. The Labute approximate surface area is 326 Å². The minimum absolute atomic E-state index is 0.205. The van der Waals surface area contributed by atoms with Crippen molar-refractivity contribution in [2.75, 3.05) is 33.0 Å². The third kappa shape index (κ3) is 18.6. The van der Waals surface area contributed by atoms with E-state index < -0.39 is 11.9 Å². The molecule has 0 saturated carbocycles. The Morgan fingerprint density at radius 2 is 0.962 bits per heavy atom. The molecule has 0 aliphatic carbocycles. The number of benzene rings is 3. The first-order valence-corrected chi connectivity index (χ1v) is 19.3. The van der Waals surface area contributed by atoms with Crippen LogP contribution in [0.15, 0.2) is 95.6 Å². The molecular weight excluding hydrogens is 791 g/mol. The van der Waals surface area contributed by atoms with Gasteiger partial charge >= 0.3 is 23.9 Å². The van der Waals surface area contributed by atoms with Gasteiger partial charge in [0, 0.05) is 18.6 Å². The Morgan fingerprint density at radius 3 is 1.47 bits per heavy atom. The average Bonchev–Trinajstić information content (AvgIpc) is 3.17. The molecule has 0 N–H and O–H groups in total. The van der Waals surface area contributed by atoms with Crippen LogP contribution in [-0.2, 0) is 30.2 Å². The van der Waals surface area contributed by atoms with Crippen LogP contribution in [0.3, 0.4) is 0 Å². The summed E-state index contributed by atoms with van der Waals surface area (Å²) in [6.45, 7) is 5.60. The van der Waals surface area contributed by atoms with E-state index in [0.717, 1.165) is 69.8 Å². The van der Waals surface area contributed by atoms with Gasteiger partial charge in [0.1, 0.15) is 17.2 Å². The molecule has 0 heterocycles. The number of rotatable bonds is 26. The van der Waals surface area contributed by atoms with E-state index in [-0.39, 0.29) is 18.5 Å². The molecule has 284 valence electrons. The van der Waals surface area contributed by atoms with Gasteiger partial charge in [0.15, 0.2) is 0 Å². The average molecular weight is 841 g/mol. The van der Waals surface area contributed by atoms with Crippen LogP contribution >= 0.6 is 22.6 Å². The summed E-state index contributed by atoms with van der Waals surface area (Å²) in [5.41, 5.74) is 1.79. The zero-order valence-corrected chi connectivity index (χ0v) is 32.3. The molecule has 53 heavy (non-hydrogen) atoms. The van der Waals surface area contributed by atoms with Gasteiger partial charge < -0.3 is 28.4 Å². The van der Waals surface area contributed by atoms with E-state index in [1.54, 1.807) is 64.7 Å². The summed E-state index contributed by atoms with van der Waals surface area (Å²) in [5, 5.41) is 0. The molecule has 3 aromatic rings. The Morgan fingerprint density at radius 1 is 0.509 bits per heavy atom. The summed E-state index contributed by atoms with van der Waals surface area (Å²) in [6.07, 6.45) is 12.7. The first kappa shape index (κ1) is 42.8. The zero-order valence-electron chi connectivity index (χ0n) is 30.1. The molecule has 0 aliphatic heterocycles. The van der Waals surface area contributed by atoms with Crippen LogP contribution in [0.5, 0.6) is 17.2 Å². The van der Waals surface area contributed by atoms with Crippen LogP contribution in [0.25, 0.3) is 0 Å². The third-order valence-electron chi connectivity index (χ3n) is 7.91. The normalized spacial score (nSPS) is 10.7. The van der Waals surface area contributed by atoms with Gasteiger partial charge in [0.25, 0.3) is 0 Å². The van der Waals surface area contributed by atoms with Crippen molar-refractivity contribution in [1.82, 2.24) is 0 Å². The monoisotopic (exact) mass is 840 g/mol. The minimum Gasteiger partial charge on any atom is -0.494 e. The number of carbonyl (C=O) groups excluding carboxylic acids is 4. The van der Waals surface area contributed by atoms with Crippen molar-refractivity contribution in [1.29, 1.82) is 0 Å². The molecule has 0 fully saturated rings. The van der Waals surface area contributed by atoms with Crippen LogP contribution in [-0.4, -0.2) is 56.9 Å². The Bertz CT molecular complexity index is 1570. The maximum Gasteiger partial charge on any atom is 0.343 e. The maximum absolute atomic E-state index is 12.7. The summed E-state index contributed by atoms with van der Waals surface area (Å²) in [6, 6.07) is 20.8. The van der Waals surface area contributed by atoms with E-state index in [0.29, 0.717) is 61.2 Å². The number of carbonyl (C=O) groups is 4. The second kappa shape index (κ2) is 26.2. The van der Waals surface area contributed by atoms with Crippen molar-refractivity contribution >= 4 is 46.5 Å². The summed E-state index contributed by atoms with van der Waals surface area (Å²) in [5.74, 6) is 0.222. The second-order valence-electron chi connectivity index (χ2n) is 12.0. The van der Waals surface area contributed by atoms with Crippen LogP contribution in [0, 0.1) is 0 Å². The molecule has 10 nitrogen and oxygen atoms in total. The maximum atomic E-state index is 12.7. The Balaban J connectivity index is 1.24. The number of hydrogen-bond acceptors (Lipinski definition) is 10. The van der Waals surface area contributed by atoms with Gasteiger partial charge in [-0.3, -0.25) is 0 Å². The fraction of sp³-hybridized carbons (Fsp3) is 0.381. The topological polar surface area (TPSA) is 124 Å². The molecule has 11 heteroatoms. The molecule has 0 bridgehead atoms. The highest BCUT2D eigenvalue weighted by Gasteiger charge is 2.11. The summed E-state index contributed by atoms with van der Waals surface area (Å²) >= 11 is 1.98. The molecule has 0 radical (unpaired) electrons. The highest BCUT2D eigenvalue weighted by molar-refractivity contribution is 14.1. The summed E-state index contributed by atoms with van der Waals surface area (Å²) in [4.78, 5) is 47.4. The van der Waals surface area contributed by atoms with Crippen molar-refractivity contribution in [3.63, 3.8) is 0 Å². The van der Waals surface area contributed by atoms with E-state index in [4.69, 9.17) is 28.4 Å². The lowest BCUT2D eigenvalue weighted by atomic mass is 10.1. The van der Waals surface area contributed by atoms with Gasteiger partial charge in [-0.05, 0) is 96.0 Å². The fourth-order valence-electron chi connectivity index (χ4n) is 4.96. The van der Waals surface area contributed by atoms with E-state index in [2.05, 4.69) is 6.58 Å². The van der Waals surface area contributed by atoms with Crippen molar-refractivity contribution < 1.29 is 47.6 Å². The lowest BCUT2D eigenvalue weighted by Gasteiger charge is -2.09. The van der Waals surface area contributed by atoms with E-state index in [1.807, 2.05) is 34.7 Å². The van der Waals surface area contributed by atoms with Crippen molar-refractivity contribution in [2.45, 2.75) is 70.6 Å². The minimum atomic E-state index is -0.469.